The van der Waals surface area contributed by atoms with Gasteiger partial charge in [0.1, 0.15) is 22.2 Å². The summed E-state index contributed by atoms with van der Waals surface area (Å²) in [5, 5.41) is 0. The third-order valence-electron chi connectivity index (χ3n) is 2.49. The van der Waals surface area contributed by atoms with Gasteiger partial charge >= 0.3 is 0 Å². The van der Waals surface area contributed by atoms with Crippen molar-refractivity contribution in [2.24, 2.45) is 0 Å². The molecule has 2 aromatic carbocycles. The fourth-order valence-corrected chi connectivity index (χ4v) is 2.65. The number of halogens is 5. The van der Waals surface area contributed by atoms with E-state index in [1.165, 1.54) is 4.72 Å². The van der Waals surface area contributed by atoms with Gasteiger partial charge in [0, 0.05) is 0 Å². The van der Waals surface area contributed by atoms with Crippen LogP contribution in [-0.4, -0.2) is 8.42 Å². The topological polar surface area (TPSA) is 46.2 Å². The van der Waals surface area contributed by atoms with E-state index in [0.29, 0.717) is 12.1 Å². The summed E-state index contributed by atoms with van der Waals surface area (Å²) in [5.41, 5.74) is -1.05. The minimum atomic E-state index is -4.84. The van der Waals surface area contributed by atoms with E-state index in [9.17, 15) is 30.4 Å². The van der Waals surface area contributed by atoms with Crippen LogP contribution in [0, 0.1) is 29.1 Å². The molecule has 0 aliphatic carbocycles. The van der Waals surface area contributed by atoms with E-state index < -0.39 is 49.7 Å². The largest absolute Gasteiger partial charge is 0.274 e. The average molecular weight is 323 g/mol. The van der Waals surface area contributed by atoms with Crippen molar-refractivity contribution < 1.29 is 30.4 Å². The summed E-state index contributed by atoms with van der Waals surface area (Å²) in [5.74, 6) is -8.09. The van der Waals surface area contributed by atoms with E-state index in [4.69, 9.17) is 0 Å². The average Bonchev–Trinajstić information content (AvgIpc) is 2.40. The molecule has 0 aromatic heterocycles. The monoisotopic (exact) mass is 323 g/mol. The molecule has 0 saturated carbocycles. The predicted octanol–water partition coefficient (Wildman–Crippen LogP) is 3.18. The van der Waals surface area contributed by atoms with Gasteiger partial charge in [-0.2, -0.15) is 0 Å². The van der Waals surface area contributed by atoms with Crippen LogP contribution in [-0.2, 0) is 10.0 Å². The summed E-state index contributed by atoms with van der Waals surface area (Å²) in [6.07, 6.45) is 0. The van der Waals surface area contributed by atoms with Crippen molar-refractivity contribution in [3.8, 4) is 0 Å². The van der Waals surface area contributed by atoms with E-state index in [1.54, 1.807) is 0 Å². The van der Waals surface area contributed by atoms with E-state index in [2.05, 4.69) is 0 Å². The molecule has 9 heteroatoms. The molecule has 0 heterocycles. The summed E-state index contributed by atoms with van der Waals surface area (Å²) >= 11 is 0. The third kappa shape index (κ3) is 2.82. The second-order valence-electron chi connectivity index (χ2n) is 3.88. The first-order chi connectivity index (χ1) is 9.74. The lowest BCUT2D eigenvalue weighted by Gasteiger charge is -2.10. The first-order valence-electron chi connectivity index (χ1n) is 5.34. The minimum absolute atomic E-state index is 0.380. The van der Waals surface area contributed by atoms with Crippen LogP contribution in [0.5, 0.6) is 0 Å². The number of benzene rings is 2. The number of hydrogen-bond donors (Lipinski definition) is 1. The molecule has 0 fully saturated rings. The SMILES string of the molecule is O=S(=O)(Nc1c(F)cccc1F)c1ccc(F)c(F)c1F. The molecule has 1 N–H and O–H groups in total. The van der Waals surface area contributed by atoms with Gasteiger partial charge in [-0.3, -0.25) is 4.72 Å². The molecule has 0 saturated heterocycles. The van der Waals surface area contributed by atoms with E-state index in [-0.39, 0.29) is 0 Å². The van der Waals surface area contributed by atoms with Gasteiger partial charge in [-0.25, -0.2) is 30.4 Å². The van der Waals surface area contributed by atoms with Crippen LogP contribution in [0.15, 0.2) is 35.2 Å². The summed E-state index contributed by atoms with van der Waals surface area (Å²) in [6.45, 7) is 0. The number of hydrogen-bond acceptors (Lipinski definition) is 2. The Balaban J connectivity index is 2.52. The Bertz CT molecular complexity index is 787. The van der Waals surface area contributed by atoms with Crippen LogP contribution in [0.3, 0.4) is 0 Å². The normalized spacial score (nSPS) is 11.5. The van der Waals surface area contributed by atoms with E-state index in [0.717, 1.165) is 18.2 Å². The molecule has 0 amide bonds. The highest BCUT2D eigenvalue weighted by Gasteiger charge is 2.26. The molecule has 2 aromatic rings. The standard InChI is InChI=1S/C12H6F5NO2S/c13-6-4-5-9(11(17)10(6)16)21(19,20)18-12-7(14)2-1-3-8(12)15/h1-5,18H. The highest BCUT2D eigenvalue weighted by molar-refractivity contribution is 7.92. The summed E-state index contributed by atoms with van der Waals surface area (Å²) in [6, 6.07) is 3.34. The van der Waals surface area contributed by atoms with Gasteiger partial charge in [-0.05, 0) is 24.3 Å². The zero-order chi connectivity index (χ0) is 15.8. The highest BCUT2D eigenvalue weighted by Crippen LogP contribution is 2.25. The van der Waals surface area contributed by atoms with Crippen molar-refractivity contribution in [2.45, 2.75) is 4.90 Å². The number of nitrogens with one attached hydrogen (secondary N) is 1. The summed E-state index contributed by atoms with van der Waals surface area (Å²) in [4.78, 5) is -1.27. The zero-order valence-corrected chi connectivity index (χ0v) is 10.8. The van der Waals surface area contributed by atoms with Crippen LogP contribution >= 0.6 is 0 Å². The molecule has 0 radical (unpaired) electrons. The molecule has 112 valence electrons. The van der Waals surface area contributed by atoms with Gasteiger partial charge in [0.2, 0.25) is 0 Å². The van der Waals surface area contributed by atoms with Crippen LogP contribution in [0.25, 0.3) is 0 Å². The summed E-state index contributed by atoms with van der Waals surface area (Å²) in [7, 11) is -4.84. The Labute approximate surface area is 116 Å². The Morgan fingerprint density at radius 2 is 1.33 bits per heavy atom. The Kier molecular flexibility index (Phi) is 3.86. The van der Waals surface area contributed by atoms with Crippen molar-refractivity contribution >= 4 is 15.7 Å². The molecule has 0 spiro atoms. The fourth-order valence-electron chi connectivity index (χ4n) is 1.50. The highest BCUT2D eigenvalue weighted by atomic mass is 32.2. The molecule has 0 bridgehead atoms. The Morgan fingerprint density at radius 3 is 1.90 bits per heavy atom. The van der Waals surface area contributed by atoms with Crippen molar-refractivity contribution in [2.75, 3.05) is 4.72 Å². The predicted molar refractivity (Wildman–Crippen MR) is 63.5 cm³/mol. The van der Waals surface area contributed by atoms with Crippen LogP contribution in [0.4, 0.5) is 27.6 Å². The molecule has 0 atom stereocenters. The molecular formula is C12H6F5NO2S. The van der Waals surface area contributed by atoms with Crippen molar-refractivity contribution in [1.82, 2.24) is 0 Å². The molecule has 21 heavy (non-hydrogen) atoms. The van der Waals surface area contributed by atoms with Crippen LogP contribution in [0.1, 0.15) is 0 Å². The second kappa shape index (κ2) is 5.32. The maximum absolute atomic E-state index is 13.4. The molecule has 3 nitrogen and oxygen atoms in total. The first kappa shape index (κ1) is 15.2. The van der Waals surface area contributed by atoms with Gasteiger partial charge in [0.05, 0.1) is 0 Å². The molecular weight excluding hydrogens is 317 g/mol. The Morgan fingerprint density at radius 1 is 0.762 bits per heavy atom. The van der Waals surface area contributed by atoms with Gasteiger partial charge in [0.15, 0.2) is 17.5 Å². The van der Waals surface area contributed by atoms with Crippen molar-refractivity contribution in [3.05, 3.63) is 59.4 Å². The molecule has 0 unspecified atom stereocenters. The van der Waals surface area contributed by atoms with Gasteiger partial charge in [-0.1, -0.05) is 6.07 Å². The summed E-state index contributed by atoms with van der Waals surface area (Å²) < 4.78 is 91.0. The van der Waals surface area contributed by atoms with E-state index >= 15 is 0 Å². The number of anilines is 1. The smallest absolute Gasteiger partial charge is 0.265 e. The van der Waals surface area contributed by atoms with Gasteiger partial charge < -0.3 is 0 Å². The lowest BCUT2D eigenvalue weighted by atomic mass is 10.3. The second-order valence-corrected chi connectivity index (χ2v) is 5.53. The molecule has 2 rings (SSSR count). The number of sulfonamides is 1. The maximum atomic E-state index is 13.4. The van der Waals surface area contributed by atoms with Gasteiger partial charge in [0.25, 0.3) is 10.0 Å². The number of para-hydroxylation sites is 1. The van der Waals surface area contributed by atoms with Crippen molar-refractivity contribution in [3.63, 3.8) is 0 Å². The first-order valence-corrected chi connectivity index (χ1v) is 6.82. The molecule has 0 aliphatic rings. The van der Waals surface area contributed by atoms with Crippen LogP contribution < -0.4 is 4.72 Å². The Hall–Kier alpha value is -2.16. The fraction of sp³-hybridized carbons (Fsp3) is 0. The van der Waals surface area contributed by atoms with Crippen LogP contribution in [0.2, 0.25) is 0 Å². The van der Waals surface area contributed by atoms with Crippen molar-refractivity contribution in [1.29, 1.82) is 0 Å². The zero-order valence-electron chi connectivity index (χ0n) is 10.0. The maximum Gasteiger partial charge on any atom is 0.265 e. The van der Waals surface area contributed by atoms with E-state index in [1.807, 2.05) is 0 Å². The minimum Gasteiger partial charge on any atom is -0.274 e. The lowest BCUT2D eigenvalue weighted by Crippen LogP contribution is -2.17. The third-order valence-corrected chi connectivity index (χ3v) is 3.86. The lowest BCUT2D eigenvalue weighted by molar-refractivity contribution is 0.432. The quantitative estimate of drug-likeness (QED) is 0.696. The van der Waals surface area contributed by atoms with Gasteiger partial charge in [-0.15, -0.1) is 0 Å². The number of rotatable bonds is 3. The molecule has 0 aliphatic heterocycles.